The van der Waals surface area contributed by atoms with Gasteiger partial charge in [-0.15, -0.1) is 0 Å². The Morgan fingerprint density at radius 2 is 2.11 bits per heavy atom. The summed E-state index contributed by atoms with van der Waals surface area (Å²) in [5, 5.41) is 6.82. The molecular formula is C14H21ClN2O. The molecule has 0 radical (unpaired) electrons. The summed E-state index contributed by atoms with van der Waals surface area (Å²) in [4.78, 5) is 12.1. The van der Waals surface area contributed by atoms with Gasteiger partial charge in [-0.05, 0) is 45.0 Å². The topological polar surface area (TPSA) is 41.1 Å². The number of amides is 1. The fourth-order valence-corrected chi connectivity index (χ4v) is 1.96. The van der Waals surface area contributed by atoms with Crippen LogP contribution in [0, 0.1) is 0 Å². The van der Waals surface area contributed by atoms with Crippen LogP contribution in [-0.4, -0.2) is 18.0 Å². The van der Waals surface area contributed by atoms with Crippen molar-refractivity contribution in [3.8, 4) is 0 Å². The van der Waals surface area contributed by atoms with Crippen molar-refractivity contribution in [1.29, 1.82) is 0 Å². The second-order valence-corrected chi connectivity index (χ2v) is 5.34. The predicted molar refractivity (Wildman–Crippen MR) is 75.8 cm³/mol. The van der Waals surface area contributed by atoms with E-state index in [-0.39, 0.29) is 11.9 Å². The highest BCUT2D eigenvalue weighted by molar-refractivity contribution is 6.30. The van der Waals surface area contributed by atoms with Crippen LogP contribution >= 0.6 is 11.6 Å². The van der Waals surface area contributed by atoms with E-state index in [4.69, 9.17) is 11.6 Å². The van der Waals surface area contributed by atoms with Crippen molar-refractivity contribution in [3.63, 3.8) is 0 Å². The molecule has 18 heavy (non-hydrogen) atoms. The minimum Gasteiger partial charge on any atom is -0.348 e. The van der Waals surface area contributed by atoms with Crippen LogP contribution in [0.2, 0.25) is 5.02 Å². The Hall–Kier alpha value is -1.06. The number of halogens is 1. The number of hydrogen-bond acceptors (Lipinski definition) is 2. The summed E-state index contributed by atoms with van der Waals surface area (Å²) < 4.78 is 0. The van der Waals surface area contributed by atoms with Crippen molar-refractivity contribution in [3.05, 3.63) is 34.9 Å². The SMILES string of the molecule is CCNC(C)(C)C(=O)N[C@@H](C)c1cccc(Cl)c1. The van der Waals surface area contributed by atoms with E-state index < -0.39 is 5.54 Å². The molecule has 0 saturated heterocycles. The predicted octanol–water partition coefficient (Wildman–Crippen LogP) is 2.91. The lowest BCUT2D eigenvalue weighted by Gasteiger charge is -2.27. The maximum absolute atomic E-state index is 12.1. The largest absolute Gasteiger partial charge is 0.348 e. The molecule has 0 aliphatic rings. The number of carbonyl (C=O) groups excluding carboxylic acids is 1. The first kappa shape index (κ1) is 15.0. The lowest BCUT2D eigenvalue weighted by molar-refractivity contribution is -0.127. The van der Waals surface area contributed by atoms with Gasteiger partial charge in [-0.25, -0.2) is 0 Å². The monoisotopic (exact) mass is 268 g/mol. The molecule has 1 atom stereocenters. The number of benzene rings is 1. The second-order valence-electron chi connectivity index (χ2n) is 4.91. The van der Waals surface area contributed by atoms with Gasteiger partial charge < -0.3 is 10.6 Å². The molecule has 0 aliphatic heterocycles. The lowest BCUT2D eigenvalue weighted by Crippen LogP contribution is -2.52. The van der Waals surface area contributed by atoms with Crippen LogP contribution < -0.4 is 10.6 Å². The molecule has 2 N–H and O–H groups in total. The van der Waals surface area contributed by atoms with Gasteiger partial charge in [-0.2, -0.15) is 0 Å². The molecule has 100 valence electrons. The summed E-state index contributed by atoms with van der Waals surface area (Å²) in [6, 6.07) is 7.47. The molecule has 1 rings (SSSR count). The zero-order valence-electron chi connectivity index (χ0n) is 11.4. The Morgan fingerprint density at radius 3 is 2.67 bits per heavy atom. The second kappa shape index (κ2) is 6.21. The molecule has 1 aromatic rings. The van der Waals surface area contributed by atoms with Crippen molar-refractivity contribution in [1.82, 2.24) is 10.6 Å². The van der Waals surface area contributed by atoms with Crippen LogP contribution in [0.25, 0.3) is 0 Å². The van der Waals surface area contributed by atoms with Crippen LogP contribution in [0.5, 0.6) is 0 Å². The van der Waals surface area contributed by atoms with Gasteiger partial charge in [0.1, 0.15) is 0 Å². The molecule has 0 spiro atoms. The van der Waals surface area contributed by atoms with Gasteiger partial charge in [0.15, 0.2) is 0 Å². The van der Waals surface area contributed by atoms with Crippen LogP contribution in [-0.2, 0) is 4.79 Å². The van der Waals surface area contributed by atoms with E-state index >= 15 is 0 Å². The maximum Gasteiger partial charge on any atom is 0.240 e. The van der Waals surface area contributed by atoms with E-state index in [2.05, 4.69) is 10.6 Å². The van der Waals surface area contributed by atoms with Crippen molar-refractivity contribution < 1.29 is 4.79 Å². The van der Waals surface area contributed by atoms with E-state index in [1.54, 1.807) is 0 Å². The Morgan fingerprint density at radius 1 is 1.44 bits per heavy atom. The fraction of sp³-hybridized carbons (Fsp3) is 0.500. The molecule has 0 bridgehead atoms. The number of nitrogens with one attached hydrogen (secondary N) is 2. The Balaban J connectivity index is 2.70. The van der Waals surface area contributed by atoms with Crippen LogP contribution in [0.4, 0.5) is 0 Å². The molecule has 0 fully saturated rings. The first-order chi connectivity index (χ1) is 8.36. The third kappa shape index (κ3) is 4.00. The molecule has 0 unspecified atom stereocenters. The third-order valence-electron chi connectivity index (χ3n) is 2.88. The summed E-state index contributed by atoms with van der Waals surface area (Å²) in [6.45, 7) is 8.43. The first-order valence-electron chi connectivity index (χ1n) is 6.18. The van der Waals surface area contributed by atoms with E-state index in [0.29, 0.717) is 5.02 Å². The number of rotatable bonds is 5. The molecule has 1 aromatic carbocycles. The Bertz CT molecular complexity index is 418. The van der Waals surface area contributed by atoms with Crippen molar-refractivity contribution in [2.75, 3.05) is 6.54 Å². The highest BCUT2D eigenvalue weighted by atomic mass is 35.5. The molecule has 0 aromatic heterocycles. The normalized spacial score (nSPS) is 13.2. The number of carbonyl (C=O) groups is 1. The van der Waals surface area contributed by atoms with E-state index in [1.165, 1.54) is 0 Å². The smallest absolute Gasteiger partial charge is 0.240 e. The average molecular weight is 269 g/mol. The van der Waals surface area contributed by atoms with Gasteiger partial charge >= 0.3 is 0 Å². The van der Waals surface area contributed by atoms with Gasteiger partial charge in [0.2, 0.25) is 5.91 Å². The van der Waals surface area contributed by atoms with Gasteiger partial charge in [-0.1, -0.05) is 30.7 Å². The third-order valence-corrected chi connectivity index (χ3v) is 3.12. The molecule has 0 saturated carbocycles. The molecule has 0 aliphatic carbocycles. The lowest BCUT2D eigenvalue weighted by atomic mass is 10.0. The average Bonchev–Trinajstić information content (AvgIpc) is 2.28. The molecule has 1 amide bonds. The summed E-state index contributed by atoms with van der Waals surface area (Å²) in [6.07, 6.45) is 0. The molecule has 4 heteroatoms. The van der Waals surface area contributed by atoms with Crippen molar-refractivity contribution in [2.45, 2.75) is 39.3 Å². The minimum atomic E-state index is -0.568. The molecule has 3 nitrogen and oxygen atoms in total. The highest BCUT2D eigenvalue weighted by Gasteiger charge is 2.27. The van der Waals surface area contributed by atoms with E-state index in [0.717, 1.165) is 12.1 Å². The zero-order chi connectivity index (χ0) is 13.8. The first-order valence-corrected chi connectivity index (χ1v) is 6.56. The van der Waals surface area contributed by atoms with E-state index in [9.17, 15) is 4.79 Å². The van der Waals surface area contributed by atoms with Crippen LogP contribution in [0.1, 0.15) is 39.3 Å². The zero-order valence-corrected chi connectivity index (χ0v) is 12.1. The highest BCUT2D eigenvalue weighted by Crippen LogP contribution is 2.18. The van der Waals surface area contributed by atoms with Crippen LogP contribution in [0.3, 0.4) is 0 Å². The maximum atomic E-state index is 12.1. The van der Waals surface area contributed by atoms with Gasteiger partial charge in [0, 0.05) is 5.02 Å². The summed E-state index contributed by atoms with van der Waals surface area (Å²) in [5.41, 5.74) is 0.435. The standard InChI is InChI=1S/C14H21ClN2O/c1-5-16-14(3,4)13(18)17-10(2)11-7-6-8-12(15)9-11/h6-10,16H,5H2,1-4H3,(H,17,18)/t10-/m0/s1. The van der Waals surface area contributed by atoms with Gasteiger partial charge in [0.25, 0.3) is 0 Å². The quantitative estimate of drug-likeness (QED) is 0.862. The minimum absolute atomic E-state index is 0.0168. The van der Waals surface area contributed by atoms with Crippen molar-refractivity contribution >= 4 is 17.5 Å². The molecular weight excluding hydrogens is 248 g/mol. The van der Waals surface area contributed by atoms with Gasteiger partial charge in [0.05, 0.1) is 11.6 Å². The van der Waals surface area contributed by atoms with Crippen molar-refractivity contribution in [2.24, 2.45) is 0 Å². The summed E-state index contributed by atoms with van der Waals surface area (Å²) in [7, 11) is 0. The Labute approximate surface area is 114 Å². The van der Waals surface area contributed by atoms with Crippen LogP contribution in [0.15, 0.2) is 24.3 Å². The van der Waals surface area contributed by atoms with E-state index in [1.807, 2.05) is 52.0 Å². The number of hydrogen-bond donors (Lipinski definition) is 2. The summed E-state index contributed by atoms with van der Waals surface area (Å²) in [5.74, 6) is -0.0168. The number of likely N-dealkylation sites (N-methyl/N-ethyl adjacent to an activating group) is 1. The summed E-state index contributed by atoms with van der Waals surface area (Å²) >= 11 is 5.94. The fourth-order valence-electron chi connectivity index (χ4n) is 1.76. The molecule has 0 heterocycles. The van der Waals surface area contributed by atoms with Gasteiger partial charge in [-0.3, -0.25) is 4.79 Å². The Kier molecular flexibility index (Phi) is 5.17.